The van der Waals surface area contributed by atoms with Crippen LogP contribution in [0.25, 0.3) is 11.6 Å². The van der Waals surface area contributed by atoms with E-state index in [0.717, 1.165) is 11.1 Å². The van der Waals surface area contributed by atoms with Gasteiger partial charge >= 0.3 is 12.2 Å². The molecule has 0 unspecified atom stereocenters. The first-order valence-corrected chi connectivity index (χ1v) is 14.0. The standard InChI is InChI=1S/C29H24F3N7O3S/c1-2-3-11-18-16-39(14-15-41-18)26-22(35-27(43-26)29(30,31)32)25-37-38-28(42-25)36-23-24(40)33-20-13-8-7-12-19(20)21(34-23)17-9-5-4-6-10-17/h3-10,12-13,18,23H,1,11,14-16H2,(H,33,40)(H,36,38)/t18-,23-/m0/s1. The van der Waals surface area contributed by atoms with E-state index in [0.29, 0.717) is 48.9 Å². The van der Waals surface area contributed by atoms with Crippen LogP contribution in [0.4, 0.5) is 29.9 Å². The molecule has 1 saturated heterocycles. The van der Waals surface area contributed by atoms with Gasteiger partial charge in [0.25, 0.3) is 11.8 Å². The maximum Gasteiger partial charge on any atom is 0.443 e. The van der Waals surface area contributed by atoms with Gasteiger partial charge in [-0.2, -0.15) is 13.2 Å². The number of benzene rings is 2. The molecule has 2 aliphatic heterocycles. The van der Waals surface area contributed by atoms with Crippen molar-refractivity contribution in [3.8, 4) is 11.6 Å². The van der Waals surface area contributed by atoms with Crippen LogP contribution < -0.4 is 15.5 Å². The minimum atomic E-state index is -4.67. The number of fused-ring (bicyclic) bond motifs is 1. The molecular weight excluding hydrogens is 583 g/mol. The lowest BCUT2D eigenvalue weighted by Gasteiger charge is -2.33. The number of rotatable bonds is 7. The highest BCUT2D eigenvalue weighted by Crippen LogP contribution is 2.43. The zero-order valence-corrected chi connectivity index (χ0v) is 23.3. The molecule has 220 valence electrons. The van der Waals surface area contributed by atoms with Crippen molar-refractivity contribution in [2.24, 2.45) is 4.99 Å². The SMILES string of the molecule is C=C=CC[C@H]1CN(c2sc(C(F)(F)F)nc2-c2nnc(N[C@@H]3N=C(c4ccccc4)c4ccccc4NC3=O)o2)CCO1. The Kier molecular flexibility index (Phi) is 7.80. The number of carbonyl (C=O) groups excluding carboxylic acids is 1. The summed E-state index contributed by atoms with van der Waals surface area (Å²) in [4.78, 5) is 23.4. The Hall–Kier alpha value is -4.78. The number of anilines is 3. The van der Waals surface area contributed by atoms with Crippen molar-refractivity contribution < 1.29 is 27.1 Å². The van der Waals surface area contributed by atoms with E-state index < -0.39 is 23.3 Å². The molecule has 1 amide bonds. The fourth-order valence-electron chi connectivity index (χ4n) is 4.72. The summed E-state index contributed by atoms with van der Waals surface area (Å²) < 4.78 is 52.7. The van der Waals surface area contributed by atoms with Gasteiger partial charge in [-0.25, -0.2) is 9.98 Å². The molecule has 0 spiro atoms. The van der Waals surface area contributed by atoms with Gasteiger partial charge in [-0.15, -0.1) is 10.8 Å². The molecule has 1 fully saturated rings. The van der Waals surface area contributed by atoms with Gasteiger partial charge in [0.05, 0.1) is 24.1 Å². The van der Waals surface area contributed by atoms with Gasteiger partial charge in [0.1, 0.15) is 5.00 Å². The van der Waals surface area contributed by atoms with Crippen LogP contribution in [0.15, 0.2) is 82.4 Å². The number of alkyl halides is 3. The number of carbonyl (C=O) groups is 1. The lowest BCUT2D eigenvalue weighted by molar-refractivity contribution is -0.137. The van der Waals surface area contributed by atoms with Crippen LogP contribution in [-0.2, 0) is 15.7 Å². The number of hydrogen-bond donors (Lipinski definition) is 2. The Bertz CT molecular complexity index is 1710. The van der Waals surface area contributed by atoms with E-state index in [9.17, 15) is 18.0 Å². The summed E-state index contributed by atoms with van der Waals surface area (Å²) in [6, 6.07) is 16.4. The summed E-state index contributed by atoms with van der Waals surface area (Å²) in [6.07, 6.45) is -3.90. The molecule has 2 aliphatic rings. The van der Waals surface area contributed by atoms with Gasteiger partial charge < -0.3 is 24.7 Å². The maximum absolute atomic E-state index is 13.7. The van der Waals surface area contributed by atoms with Crippen molar-refractivity contribution in [2.75, 3.05) is 35.2 Å². The summed E-state index contributed by atoms with van der Waals surface area (Å²) in [5.74, 6) is -0.720. The van der Waals surface area contributed by atoms with Crippen LogP contribution in [-0.4, -0.2) is 58.8 Å². The molecule has 10 nitrogen and oxygen atoms in total. The van der Waals surface area contributed by atoms with Crippen LogP contribution in [0.3, 0.4) is 0 Å². The molecule has 4 heterocycles. The number of aliphatic imine (C=N–C) groups is 1. The van der Waals surface area contributed by atoms with E-state index in [1.54, 1.807) is 23.1 Å². The molecule has 2 aromatic carbocycles. The number of nitrogens with zero attached hydrogens (tertiary/aromatic N) is 5. The van der Waals surface area contributed by atoms with Gasteiger partial charge in [0, 0.05) is 30.6 Å². The van der Waals surface area contributed by atoms with E-state index in [2.05, 4.69) is 43.1 Å². The van der Waals surface area contributed by atoms with Crippen molar-refractivity contribution in [3.05, 3.63) is 89.1 Å². The highest BCUT2D eigenvalue weighted by atomic mass is 32.1. The number of hydrogen-bond acceptors (Lipinski definition) is 10. The van der Waals surface area contributed by atoms with E-state index >= 15 is 0 Å². The number of ether oxygens (including phenoxy) is 1. The van der Waals surface area contributed by atoms with Crippen molar-refractivity contribution >= 4 is 39.7 Å². The maximum atomic E-state index is 13.7. The highest BCUT2D eigenvalue weighted by Gasteiger charge is 2.39. The third-order valence-electron chi connectivity index (χ3n) is 6.68. The van der Waals surface area contributed by atoms with Crippen LogP contribution in [0, 0.1) is 0 Å². The summed E-state index contributed by atoms with van der Waals surface area (Å²) in [5.41, 5.74) is 5.20. The second kappa shape index (κ2) is 11.8. The Labute approximate surface area is 247 Å². The minimum Gasteiger partial charge on any atom is -0.402 e. The summed E-state index contributed by atoms with van der Waals surface area (Å²) >= 11 is 0.495. The zero-order valence-electron chi connectivity index (χ0n) is 22.5. The molecule has 0 saturated carbocycles. The third-order valence-corrected chi connectivity index (χ3v) is 7.85. The second-order valence-corrected chi connectivity index (χ2v) is 10.6. The number of aromatic nitrogens is 3. The van der Waals surface area contributed by atoms with E-state index in [1.165, 1.54) is 0 Å². The van der Waals surface area contributed by atoms with Crippen LogP contribution in [0.5, 0.6) is 0 Å². The molecule has 14 heteroatoms. The zero-order chi connectivity index (χ0) is 30.0. The molecule has 2 aromatic heterocycles. The highest BCUT2D eigenvalue weighted by molar-refractivity contribution is 7.16. The average Bonchev–Trinajstić information content (AvgIpc) is 3.64. The monoisotopic (exact) mass is 607 g/mol. The first-order valence-electron chi connectivity index (χ1n) is 13.2. The Morgan fingerprint density at radius 1 is 1.16 bits per heavy atom. The molecule has 2 N–H and O–H groups in total. The first kappa shape index (κ1) is 28.3. The van der Waals surface area contributed by atoms with Crippen molar-refractivity contribution in [1.82, 2.24) is 15.2 Å². The fourth-order valence-corrected chi connectivity index (χ4v) is 5.68. The van der Waals surface area contributed by atoms with Crippen LogP contribution >= 0.6 is 11.3 Å². The Morgan fingerprint density at radius 2 is 1.95 bits per heavy atom. The second-order valence-electron chi connectivity index (χ2n) is 9.59. The van der Waals surface area contributed by atoms with Gasteiger partial charge in [0.15, 0.2) is 5.69 Å². The fraction of sp³-hybridized carbons (Fsp3) is 0.241. The summed E-state index contributed by atoms with van der Waals surface area (Å²) in [5, 5.41) is 12.8. The predicted molar refractivity (Wildman–Crippen MR) is 155 cm³/mol. The van der Waals surface area contributed by atoms with E-state index in [4.69, 9.17) is 9.15 Å². The minimum absolute atomic E-state index is 0.107. The number of nitrogens with one attached hydrogen (secondary N) is 2. The lowest BCUT2D eigenvalue weighted by atomic mass is 10.0. The molecule has 43 heavy (non-hydrogen) atoms. The predicted octanol–water partition coefficient (Wildman–Crippen LogP) is 5.38. The quantitative estimate of drug-likeness (QED) is 0.269. The Balaban J connectivity index is 1.32. The smallest absolute Gasteiger partial charge is 0.402 e. The average molecular weight is 608 g/mol. The Morgan fingerprint density at radius 3 is 2.74 bits per heavy atom. The number of morpholine rings is 1. The van der Waals surface area contributed by atoms with E-state index in [-0.39, 0.29) is 28.7 Å². The molecule has 0 radical (unpaired) electrons. The number of amides is 1. The van der Waals surface area contributed by atoms with Crippen molar-refractivity contribution in [1.29, 1.82) is 0 Å². The number of para-hydroxylation sites is 1. The van der Waals surface area contributed by atoms with Crippen molar-refractivity contribution in [3.63, 3.8) is 0 Å². The molecular formula is C29H24F3N7O3S. The summed E-state index contributed by atoms with van der Waals surface area (Å²) in [7, 11) is 0. The normalized spacial score (nSPS) is 18.6. The molecule has 0 bridgehead atoms. The number of benzodiazepines with no additional fused rings is 1. The molecule has 0 aliphatic carbocycles. The molecule has 6 rings (SSSR count). The molecule has 2 atom stereocenters. The number of halogens is 3. The van der Waals surface area contributed by atoms with E-state index in [1.807, 2.05) is 42.5 Å². The summed E-state index contributed by atoms with van der Waals surface area (Å²) in [6.45, 7) is 4.52. The first-order chi connectivity index (χ1) is 20.8. The molecule has 4 aromatic rings. The largest absolute Gasteiger partial charge is 0.443 e. The van der Waals surface area contributed by atoms with Crippen LogP contribution in [0.2, 0.25) is 0 Å². The number of thiazole rings is 1. The van der Waals surface area contributed by atoms with Crippen molar-refractivity contribution in [2.45, 2.75) is 24.9 Å². The van der Waals surface area contributed by atoms with Gasteiger partial charge in [-0.05, 0) is 12.1 Å². The van der Waals surface area contributed by atoms with Gasteiger partial charge in [-0.1, -0.05) is 71.5 Å². The van der Waals surface area contributed by atoms with Gasteiger partial charge in [-0.3, -0.25) is 4.79 Å². The third kappa shape index (κ3) is 6.07. The van der Waals surface area contributed by atoms with Gasteiger partial charge in [0.2, 0.25) is 11.2 Å². The lowest BCUT2D eigenvalue weighted by Crippen LogP contribution is -2.42. The topological polar surface area (TPSA) is 118 Å². The van der Waals surface area contributed by atoms with Crippen LogP contribution in [0.1, 0.15) is 22.6 Å².